The lowest BCUT2D eigenvalue weighted by molar-refractivity contribution is -0.143. The molecule has 1 heterocycles. The van der Waals surface area contributed by atoms with Gasteiger partial charge in [-0.2, -0.15) is 0 Å². The normalized spacial score (nSPS) is 11.8. The van der Waals surface area contributed by atoms with Gasteiger partial charge in [-0.1, -0.05) is 18.2 Å². The van der Waals surface area contributed by atoms with E-state index in [1.54, 1.807) is 26.4 Å². The molecule has 128 valence electrons. The maximum Gasteiger partial charge on any atom is 0.306 e. The lowest BCUT2D eigenvalue weighted by Gasteiger charge is -2.19. The summed E-state index contributed by atoms with van der Waals surface area (Å²) in [6.07, 6.45) is 3.56. The van der Waals surface area contributed by atoms with E-state index in [9.17, 15) is 9.90 Å². The average Bonchev–Trinajstić information content (AvgIpc) is 2.60. The fourth-order valence-corrected chi connectivity index (χ4v) is 2.63. The van der Waals surface area contributed by atoms with Gasteiger partial charge in [-0.3, -0.25) is 9.78 Å². The smallest absolute Gasteiger partial charge is 0.306 e. The third-order valence-corrected chi connectivity index (χ3v) is 3.99. The molecule has 0 amide bonds. The fourth-order valence-electron chi connectivity index (χ4n) is 2.63. The molecule has 1 N–H and O–H groups in total. The van der Waals surface area contributed by atoms with Crippen LogP contribution < -0.4 is 4.74 Å². The molecule has 2 rings (SSSR count). The highest BCUT2D eigenvalue weighted by Crippen LogP contribution is 2.31. The van der Waals surface area contributed by atoms with E-state index in [2.05, 4.69) is 4.98 Å². The van der Waals surface area contributed by atoms with E-state index < -0.39 is 0 Å². The van der Waals surface area contributed by atoms with Gasteiger partial charge in [-0.25, -0.2) is 0 Å². The number of hydrogen-bond acceptors (Lipinski definition) is 5. The van der Waals surface area contributed by atoms with Crippen molar-refractivity contribution in [2.45, 2.75) is 32.8 Å². The van der Waals surface area contributed by atoms with Gasteiger partial charge in [0.15, 0.2) is 0 Å². The minimum Gasteiger partial charge on any atom is -0.495 e. The Labute approximate surface area is 142 Å². The molecular weight excluding hydrogens is 306 g/mol. The second-order valence-electron chi connectivity index (χ2n) is 5.56. The first-order valence-electron chi connectivity index (χ1n) is 7.93. The molecule has 1 aromatic heterocycles. The van der Waals surface area contributed by atoms with Crippen molar-refractivity contribution >= 4 is 5.97 Å². The molecule has 0 saturated carbocycles. The van der Waals surface area contributed by atoms with E-state index in [-0.39, 0.29) is 24.9 Å². The number of aliphatic hydroxyl groups excluding tert-OH is 1. The maximum atomic E-state index is 12.1. The molecule has 0 aliphatic rings. The zero-order valence-corrected chi connectivity index (χ0v) is 14.3. The van der Waals surface area contributed by atoms with Crippen LogP contribution in [-0.4, -0.2) is 29.8 Å². The van der Waals surface area contributed by atoms with Crippen LogP contribution in [0.5, 0.6) is 5.75 Å². The van der Waals surface area contributed by atoms with Gasteiger partial charge < -0.3 is 14.6 Å². The number of ether oxygens (including phenoxy) is 2. The Morgan fingerprint density at radius 3 is 2.71 bits per heavy atom. The van der Waals surface area contributed by atoms with Crippen LogP contribution in [0, 0.1) is 6.92 Å². The number of methoxy groups -OCH3 is 1. The molecule has 1 atom stereocenters. The van der Waals surface area contributed by atoms with Crippen molar-refractivity contribution in [3.63, 3.8) is 0 Å². The van der Waals surface area contributed by atoms with Crippen LogP contribution in [0.1, 0.15) is 41.5 Å². The van der Waals surface area contributed by atoms with Crippen molar-refractivity contribution in [2.75, 3.05) is 13.7 Å². The van der Waals surface area contributed by atoms with Crippen LogP contribution in [0.4, 0.5) is 0 Å². The summed E-state index contributed by atoms with van der Waals surface area (Å²) >= 11 is 0. The van der Waals surface area contributed by atoms with E-state index in [1.165, 1.54) is 0 Å². The number of aliphatic hydroxyl groups is 1. The van der Waals surface area contributed by atoms with Crippen molar-refractivity contribution in [1.29, 1.82) is 0 Å². The first-order valence-corrected chi connectivity index (χ1v) is 7.93. The molecule has 5 nitrogen and oxygen atoms in total. The van der Waals surface area contributed by atoms with Crippen molar-refractivity contribution in [2.24, 2.45) is 0 Å². The van der Waals surface area contributed by atoms with E-state index in [4.69, 9.17) is 9.47 Å². The van der Waals surface area contributed by atoms with Gasteiger partial charge in [0, 0.05) is 12.1 Å². The monoisotopic (exact) mass is 329 g/mol. The summed E-state index contributed by atoms with van der Waals surface area (Å²) in [5.41, 5.74) is 3.67. The van der Waals surface area contributed by atoms with Crippen LogP contribution in [0.2, 0.25) is 0 Å². The summed E-state index contributed by atoms with van der Waals surface area (Å²) in [6.45, 7) is 4.04. The van der Waals surface area contributed by atoms with Gasteiger partial charge in [-0.15, -0.1) is 0 Å². The number of carbonyl (C=O) groups excluding carboxylic acids is 1. The number of aromatic nitrogens is 1. The molecule has 5 heteroatoms. The predicted molar refractivity (Wildman–Crippen MR) is 91.0 cm³/mol. The molecule has 0 bridgehead atoms. The molecular formula is C19H23NO4. The SMILES string of the molecule is CCOC(=O)CC(c1cncc(OC)c1)c1ccc(C)c(CO)c1. The number of carbonyl (C=O) groups is 1. The molecule has 0 fully saturated rings. The van der Waals surface area contributed by atoms with Gasteiger partial charge in [-0.05, 0) is 42.2 Å². The van der Waals surface area contributed by atoms with Crippen LogP contribution in [0.3, 0.4) is 0 Å². The van der Waals surface area contributed by atoms with Crippen molar-refractivity contribution in [3.8, 4) is 5.75 Å². The number of hydrogen-bond donors (Lipinski definition) is 1. The van der Waals surface area contributed by atoms with Crippen LogP contribution in [0.15, 0.2) is 36.7 Å². The molecule has 2 aromatic rings. The molecule has 0 aliphatic carbocycles. The molecule has 24 heavy (non-hydrogen) atoms. The molecule has 1 aromatic carbocycles. The quantitative estimate of drug-likeness (QED) is 0.791. The van der Waals surface area contributed by atoms with Crippen molar-refractivity contribution in [1.82, 2.24) is 4.98 Å². The maximum absolute atomic E-state index is 12.1. The van der Waals surface area contributed by atoms with Crippen molar-refractivity contribution < 1.29 is 19.4 Å². The van der Waals surface area contributed by atoms with E-state index >= 15 is 0 Å². The standard InChI is InChI=1S/C19H23NO4/c1-4-24-19(22)9-18(15-8-17(23-3)11-20-10-15)14-6-5-13(2)16(7-14)12-21/h5-8,10-11,18,21H,4,9,12H2,1-3H3. The third kappa shape index (κ3) is 4.32. The van der Waals surface area contributed by atoms with E-state index in [1.807, 2.05) is 31.2 Å². The summed E-state index contributed by atoms with van der Waals surface area (Å²) in [5.74, 6) is 0.157. The molecule has 0 radical (unpaired) electrons. The first-order chi connectivity index (χ1) is 11.6. The average molecular weight is 329 g/mol. The Morgan fingerprint density at radius 1 is 1.25 bits per heavy atom. The molecule has 0 saturated heterocycles. The van der Waals surface area contributed by atoms with Crippen LogP contribution in [-0.2, 0) is 16.1 Å². The van der Waals surface area contributed by atoms with Gasteiger partial charge in [0.25, 0.3) is 0 Å². The van der Waals surface area contributed by atoms with Gasteiger partial charge in [0.1, 0.15) is 5.75 Å². The van der Waals surface area contributed by atoms with E-state index in [0.29, 0.717) is 12.4 Å². The number of pyridine rings is 1. The minimum absolute atomic E-state index is 0.0395. The lowest BCUT2D eigenvalue weighted by Crippen LogP contribution is -2.12. The Balaban J connectivity index is 2.43. The first kappa shape index (κ1) is 17.9. The van der Waals surface area contributed by atoms with Crippen molar-refractivity contribution in [3.05, 3.63) is 58.9 Å². The predicted octanol–water partition coefficient (Wildman–Crippen LogP) is 2.98. The minimum atomic E-state index is -0.267. The fraction of sp³-hybridized carbons (Fsp3) is 0.368. The van der Waals surface area contributed by atoms with Crippen LogP contribution >= 0.6 is 0 Å². The van der Waals surface area contributed by atoms with Gasteiger partial charge >= 0.3 is 5.97 Å². The van der Waals surface area contributed by atoms with E-state index in [0.717, 1.165) is 22.3 Å². The highest BCUT2D eigenvalue weighted by molar-refractivity contribution is 5.71. The highest BCUT2D eigenvalue weighted by atomic mass is 16.5. The number of esters is 1. The Morgan fingerprint density at radius 2 is 2.04 bits per heavy atom. The summed E-state index contributed by atoms with van der Waals surface area (Å²) in [6, 6.07) is 7.72. The molecule has 0 spiro atoms. The van der Waals surface area contributed by atoms with Gasteiger partial charge in [0.05, 0.1) is 32.9 Å². The second-order valence-corrected chi connectivity index (χ2v) is 5.56. The number of rotatable bonds is 7. The summed E-state index contributed by atoms with van der Waals surface area (Å²) in [4.78, 5) is 16.2. The largest absolute Gasteiger partial charge is 0.495 e. The number of aryl methyl sites for hydroxylation is 1. The topological polar surface area (TPSA) is 68.7 Å². The zero-order chi connectivity index (χ0) is 17.5. The molecule has 1 unspecified atom stereocenters. The Kier molecular flexibility index (Phi) is 6.32. The molecule has 0 aliphatic heterocycles. The summed E-state index contributed by atoms with van der Waals surface area (Å²) in [7, 11) is 1.58. The zero-order valence-electron chi connectivity index (χ0n) is 14.3. The lowest BCUT2D eigenvalue weighted by atomic mass is 9.87. The Bertz CT molecular complexity index is 700. The number of benzene rings is 1. The Hall–Kier alpha value is -2.40. The third-order valence-electron chi connectivity index (χ3n) is 3.99. The second kappa shape index (κ2) is 8.45. The summed E-state index contributed by atoms with van der Waals surface area (Å²) in [5, 5.41) is 9.52. The van der Waals surface area contributed by atoms with Gasteiger partial charge in [0.2, 0.25) is 0 Å². The highest BCUT2D eigenvalue weighted by Gasteiger charge is 2.21. The number of nitrogens with zero attached hydrogens (tertiary/aromatic N) is 1. The summed E-state index contributed by atoms with van der Waals surface area (Å²) < 4.78 is 10.4. The van der Waals surface area contributed by atoms with Crippen LogP contribution in [0.25, 0.3) is 0 Å².